The first-order chi connectivity index (χ1) is 9.88. The first-order valence-corrected chi connectivity index (χ1v) is 7.15. The summed E-state index contributed by atoms with van der Waals surface area (Å²) in [7, 11) is 0. The molecule has 2 aromatic carbocycles. The first kappa shape index (κ1) is 15.8. The van der Waals surface area contributed by atoms with Crippen molar-refractivity contribution in [1.29, 1.82) is 0 Å². The fourth-order valence-corrected chi connectivity index (χ4v) is 2.19. The molecule has 5 nitrogen and oxygen atoms in total. The monoisotopic (exact) mass is 371 g/mol. The Labute approximate surface area is 134 Å². The summed E-state index contributed by atoms with van der Waals surface area (Å²) in [5.74, 6) is 0.364. The highest BCUT2D eigenvalue weighted by molar-refractivity contribution is 9.10. The zero-order valence-corrected chi connectivity index (χ0v) is 13.3. The number of aliphatic hydroxyl groups is 1. The second-order valence-corrected chi connectivity index (χ2v) is 5.66. The lowest BCUT2D eigenvalue weighted by Gasteiger charge is -2.10. The molecule has 2 aromatic rings. The normalized spacial score (nSPS) is 12.0. The van der Waals surface area contributed by atoms with Crippen LogP contribution in [0.15, 0.2) is 40.9 Å². The Morgan fingerprint density at radius 2 is 2.00 bits per heavy atom. The van der Waals surface area contributed by atoms with Crippen molar-refractivity contribution in [2.45, 2.75) is 13.0 Å². The first-order valence-electron chi connectivity index (χ1n) is 5.98. The van der Waals surface area contributed by atoms with E-state index in [0.717, 1.165) is 4.47 Å². The summed E-state index contributed by atoms with van der Waals surface area (Å²) in [6, 6.07) is 9.27. The van der Waals surface area contributed by atoms with Gasteiger partial charge in [-0.3, -0.25) is 10.1 Å². The molecule has 0 aliphatic heterocycles. The molecule has 0 unspecified atom stereocenters. The maximum Gasteiger partial charge on any atom is 0.311 e. The fourth-order valence-electron chi connectivity index (χ4n) is 1.70. The molecule has 0 aromatic heterocycles. The summed E-state index contributed by atoms with van der Waals surface area (Å²) in [6.07, 6.45) is -0.799. The molecule has 0 saturated heterocycles. The number of nitro benzene ring substituents is 1. The van der Waals surface area contributed by atoms with Gasteiger partial charge in [0.2, 0.25) is 5.75 Å². The van der Waals surface area contributed by atoms with E-state index in [-0.39, 0.29) is 11.4 Å². The number of hydrogen-bond acceptors (Lipinski definition) is 4. The maximum absolute atomic E-state index is 11.1. The molecule has 0 bridgehead atoms. The van der Waals surface area contributed by atoms with Gasteiger partial charge in [0, 0.05) is 10.5 Å². The minimum absolute atomic E-state index is 0.0596. The summed E-state index contributed by atoms with van der Waals surface area (Å²) in [4.78, 5) is 10.6. The summed E-state index contributed by atoms with van der Waals surface area (Å²) in [6.45, 7) is 1.53. The van der Waals surface area contributed by atoms with Crippen LogP contribution in [0, 0.1) is 10.1 Å². The number of nitrogens with zero attached hydrogens (tertiary/aromatic N) is 1. The SMILES string of the molecule is C[C@@H](O)c1ccc(Oc2cc(Br)ccc2Cl)c([N+](=O)[O-])c1. The van der Waals surface area contributed by atoms with Crippen LogP contribution in [0.3, 0.4) is 0 Å². The molecule has 7 heteroatoms. The van der Waals surface area contributed by atoms with Crippen molar-refractivity contribution in [3.8, 4) is 11.5 Å². The molecule has 0 saturated carbocycles. The van der Waals surface area contributed by atoms with Gasteiger partial charge in [0.15, 0.2) is 0 Å². The molecule has 21 heavy (non-hydrogen) atoms. The summed E-state index contributed by atoms with van der Waals surface area (Å²) in [5.41, 5.74) is 0.207. The van der Waals surface area contributed by atoms with E-state index >= 15 is 0 Å². The van der Waals surface area contributed by atoms with Gasteiger partial charge in [-0.05, 0) is 36.8 Å². The molecule has 0 fully saturated rings. The molecular formula is C14H11BrClNO4. The third kappa shape index (κ3) is 3.72. The lowest BCUT2D eigenvalue weighted by Crippen LogP contribution is -1.97. The molecule has 1 atom stereocenters. The van der Waals surface area contributed by atoms with Crippen molar-refractivity contribution in [3.05, 3.63) is 61.6 Å². The highest BCUT2D eigenvalue weighted by Crippen LogP contribution is 2.37. The third-order valence-electron chi connectivity index (χ3n) is 2.78. The predicted molar refractivity (Wildman–Crippen MR) is 83.0 cm³/mol. The van der Waals surface area contributed by atoms with E-state index in [4.69, 9.17) is 16.3 Å². The molecule has 110 valence electrons. The van der Waals surface area contributed by atoms with Gasteiger partial charge < -0.3 is 9.84 Å². The summed E-state index contributed by atoms with van der Waals surface area (Å²) < 4.78 is 6.27. The molecule has 0 spiro atoms. The molecular weight excluding hydrogens is 362 g/mol. The van der Waals surface area contributed by atoms with Gasteiger partial charge in [0.1, 0.15) is 5.75 Å². The Morgan fingerprint density at radius 1 is 1.29 bits per heavy atom. The van der Waals surface area contributed by atoms with E-state index in [9.17, 15) is 15.2 Å². The average molecular weight is 373 g/mol. The van der Waals surface area contributed by atoms with E-state index in [1.807, 2.05) is 0 Å². The topological polar surface area (TPSA) is 72.6 Å². The smallest absolute Gasteiger partial charge is 0.311 e. The number of halogens is 2. The Kier molecular flexibility index (Phi) is 4.82. The summed E-state index contributed by atoms with van der Waals surface area (Å²) >= 11 is 9.29. The van der Waals surface area contributed by atoms with Crippen molar-refractivity contribution in [3.63, 3.8) is 0 Å². The predicted octanol–water partition coefficient (Wildman–Crippen LogP) is 4.86. The zero-order chi connectivity index (χ0) is 15.6. The van der Waals surface area contributed by atoms with Crippen LogP contribution in [-0.4, -0.2) is 10.0 Å². The van der Waals surface area contributed by atoms with Gasteiger partial charge in [-0.15, -0.1) is 0 Å². The van der Waals surface area contributed by atoms with Gasteiger partial charge in [0.25, 0.3) is 0 Å². The Hall–Kier alpha value is -1.63. The van der Waals surface area contributed by atoms with Crippen molar-refractivity contribution < 1.29 is 14.8 Å². The number of hydrogen-bond donors (Lipinski definition) is 1. The maximum atomic E-state index is 11.1. The van der Waals surface area contributed by atoms with E-state index in [0.29, 0.717) is 16.3 Å². The van der Waals surface area contributed by atoms with Crippen LogP contribution in [0.1, 0.15) is 18.6 Å². The van der Waals surface area contributed by atoms with Crippen molar-refractivity contribution >= 4 is 33.2 Å². The van der Waals surface area contributed by atoms with Crippen molar-refractivity contribution in [1.82, 2.24) is 0 Å². The molecule has 2 rings (SSSR count). The lowest BCUT2D eigenvalue weighted by atomic mass is 10.1. The number of rotatable bonds is 4. The Morgan fingerprint density at radius 3 is 2.62 bits per heavy atom. The van der Waals surface area contributed by atoms with Crippen LogP contribution in [0.4, 0.5) is 5.69 Å². The highest BCUT2D eigenvalue weighted by atomic mass is 79.9. The fraction of sp³-hybridized carbons (Fsp3) is 0.143. The van der Waals surface area contributed by atoms with Gasteiger partial charge in [-0.1, -0.05) is 33.6 Å². The molecule has 0 aliphatic carbocycles. The quantitative estimate of drug-likeness (QED) is 0.614. The summed E-state index contributed by atoms with van der Waals surface area (Å²) in [5, 5.41) is 21.0. The van der Waals surface area contributed by atoms with E-state index in [1.165, 1.54) is 19.1 Å². The standard InChI is InChI=1S/C14H11BrClNO4/c1-8(18)9-2-5-13(12(6-9)17(19)20)21-14-7-10(15)3-4-11(14)16/h2-8,18H,1H3/t8-/m1/s1. The van der Waals surface area contributed by atoms with Crippen LogP contribution >= 0.6 is 27.5 Å². The number of ether oxygens (including phenoxy) is 1. The van der Waals surface area contributed by atoms with E-state index in [1.54, 1.807) is 24.3 Å². The lowest BCUT2D eigenvalue weighted by molar-refractivity contribution is -0.385. The molecule has 0 aliphatic rings. The van der Waals surface area contributed by atoms with Crippen LogP contribution in [0.2, 0.25) is 5.02 Å². The minimum atomic E-state index is -0.799. The number of nitro groups is 1. The second-order valence-electron chi connectivity index (χ2n) is 4.34. The van der Waals surface area contributed by atoms with Gasteiger partial charge in [-0.2, -0.15) is 0 Å². The Bertz CT molecular complexity index is 691. The van der Waals surface area contributed by atoms with Gasteiger partial charge >= 0.3 is 5.69 Å². The largest absolute Gasteiger partial charge is 0.449 e. The molecule has 0 amide bonds. The van der Waals surface area contributed by atoms with E-state index in [2.05, 4.69) is 15.9 Å². The molecule has 0 heterocycles. The highest BCUT2D eigenvalue weighted by Gasteiger charge is 2.19. The van der Waals surface area contributed by atoms with Crippen LogP contribution < -0.4 is 4.74 Å². The van der Waals surface area contributed by atoms with E-state index < -0.39 is 11.0 Å². The molecule has 1 N–H and O–H groups in total. The average Bonchev–Trinajstić information content (AvgIpc) is 2.42. The van der Waals surface area contributed by atoms with Crippen molar-refractivity contribution in [2.75, 3.05) is 0 Å². The van der Waals surface area contributed by atoms with Crippen LogP contribution in [0.5, 0.6) is 11.5 Å². The van der Waals surface area contributed by atoms with Crippen LogP contribution in [0.25, 0.3) is 0 Å². The zero-order valence-electron chi connectivity index (χ0n) is 10.9. The second kappa shape index (κ2) is 6.43. The molecule has 0 radical (unpaired) electrons. The number of aliphatic hydroxyl groups excluding tert-OH is 1. The van der Waals surface area contributed by atoms with Gasteiger partial charge in [0.05, 0.1) is 16.0 Å². The van der Waals surface area contributed by atoms with Crippen LogP contribution in [-0.2, 0) is 0 Å². The third-order valence-corrected chi connectivity index (χ3v) is 3.58. The number of benzene rings is 2. The minimum Gasteiger partial charge on any atom is -0.449 e. The van der Waals surface area contributed by atoms with Gasteiger partial charge in [-0.25, -0.2) is 0 Å². The Balaban J connectivity index is 2.44. The van der Waals surface area contributed by atoms with Crippen molar-refractivity contribution in [2.24, 2.45) is 0 Å².